The lowest BCUT2D eigenvalue weighted by molar-refractivity contribution is -0.141. The van der Waals surface area contributed by atoms with Crippen molar-refractivity contribution in [3.8, 4) is 11.5 Å². The predicted octanol–water partition coefficient (Wildman–Crippen LogP) is 5.41. The van der Waals surface area contributed by atoms with Gasteiger partial charge in [-0.05, 0) is 48.2 Å². The van der Waals surface area contributed by atoms with Crippen LogP contribution in [-0.4, -0.2) is 43.0 Å². The van der Waals surface area contributed by atoms with E-state index in [4.69, 9.17) is 9.47 Å². The number of methoxy groups -OCH3 is 1. The molecule has 3 aromatic carbocycles. The summed E-state index contributed by atoms with van der Waals surface area (Å²) in [4.78, 5) is 28.7. The molecule has 0 spiro atoms. The normalized spacial score (nSPS) is 11.4. The highest BCUT2D eigenvalue weighted by molar-refractivity contribution is 5.88. The maximum atomic E-state index is 13.6. The molecule has 0 aliphatic rings. The van der Waals surface area contributed by atoms with Gasteiger partial charge >= 0.3 is 0 Å². The number of hydrogen-bond acceptors (Lipinski definition) is 4. The highest BCUT2D eigenvalue weighted by atomic mass is 16.5. The number of benzene rings is 3. The van der Waals surface area contributed by atoms with Crippen LogP contribution in [-0.2, 0) is 22.6 Å². The van der Waals surface area contributed by atoms with Gasteiger partial charge in [0.05, 0.1) is 13.7 Å². The lowest BCUT2D eigenvalue weighted by Crippen LogP contribution is -2.50. The van der Waals surface area contributed by atoms with Gasteiger partial charge in [-0.3, -0.25) is 9.59 Å². The Morgan fingerprint density at radius 2 is 1.46 bits per heavy atom. The van der Waals surface area contributed by atoms with Crippen LogP contribution in [0.5, 0.6) is 11.5 Å². The van der Waals surface area contributed by atoms with E-state index in [1.807, 2.05) is 84.9 Å². The number of amides is 2. The van der Waals surface area contributed by atoms with Crippen molar-refractivity contribution in [2.24, 2.45) is 0 Å². The fourth-order valence-electron chi connectivity index (χ4n) is 4.07. The summed E-state index contributed by atoms with van der Waals surface area (Å²) < 4.78 is 11.0. The number of carbonyl (C=O) groups excluding carboxylic acids is 2. The lowest BCUT2D eigenvalue weighted by Gasteiger charge is -2.31. The second-order valence-corrected chi connectivity index (χ2v) is 8.98. The Hall–Kier alpha value is -3.80. The first-order chi connectivity index (χ1) is 18.1. The SMILES string of the molecule is CCCCNC(=O)[C@@H](Cc1ccccc1)N(Cc1ccccc1)C(=O)CCCOc1ccc(OC)cc1. The molecular formula is C31H38N2O4. The molecule has 0 radical (unpaired) electrons. The van der Waals surface area contributed by atoms with Gasteiger partial charge in [0.15, 0.2) is 0 Å². The third-order valence-electron chi connectivity index (χ3n) is 6.16. The minimum Gasteiger partial charge on any atom is -0.497 e. The Balaban J connectivity index is 1.72. The van der Waals surface area contributed by atoms with E-state index in [9.17, 15) is 9.59 Å². The molecule has 0 aromatic heterocycles. The van der Waals surface area contributed by atoms with Crippen molar-refractivity contribution in [2.75, 3.05) is 20.3 Å². The third-order valence-corrected chi connectivity index (χ3v) is 6.16. The van der Waals surface area contributed by atoms with Crippen molar-refractivity contribution in [2.45, 2.75) is 51.6 Å². The van der Waals surface area contributed by atoms with Crippen LogP contribution < -0.4 is 14.8 Å². The quantitative estimate of drug-likeness (QED) is 0.282. The third kappa shape index (κ3) is 9.30. The molecule has 196 valence electrons. The fraction of sp³-hybridized carbons (Fsp3) is 0.355. The molecule has 0 heterocycles. The van der Waals surface area contributed by atoms with E-state index >= 15 is 0 Å². The zero-order chi connectivity index (χ0) is 26.3. The topological polar surface area (TPSA) is 67.9 Å². The molecular weight excluding hydrogens is 464 g/mol. The molecule has 3 rings (SSSR count). The standard InChI is InChI=1S/C31H38N2O4/c1-3-4-21-32-31(35)29(23-25-12-7-5-8-13-25)33(24-26-14-9-6-10-15-26)30(34)16-11-22-37-28-19-17-27(36-2)18-20-28/h5-10,12-15,17-20,29H,3-4,11,16,21-24H2,1-2H3,(H,32,35)/t29-/m1/s1. The molecule has 3 aromatic rings. The first-order valence-corrected chi connectivity index (χ1v) is 13.0. The second kappa shape index (κ2) is 15.3. The van der Waals surface area contributed by atoms with Gasteiger partial charge in [-0.2, -0.15) is 0 Å². The van der Waals surface area contributed by atoms with Crippen LogP contribution in [0.1, 0.15) is 43.7 Å². The van der Waals surface area contributed by atoms with Crippen LogP contribution in [0.3, 0.4) is 0 Å². The van der Waals surface area contributed by atoms with Crippen molar-refractivity contribution in [1.29, 1.82) is 0 Å². The average molecular weight is 503 g/mol. The van der Waals surface area contributed by atoms with Crippen LogP contribution >= 0.6 is 0 Å². The van der Waals surface area contributed by atoms with Gasteiger partial charge in [-0.25, -0.2) is 0 Å². The minimum absolute atomic E-state index is 0.0613. The molecule has 0 fully saturated rings. The number of rotatable bonds is 15. The number of unbranched alkanes of at least 4 members (excludes halogenated alkanes) is 1. The number of nitrogens with zero attached hydrogens (tertiary/aromatic N) is 1. The van der Waals surface area contributed by atoms with Crippen LogP contribution in [0.15, 0.2) is 84.9 Å². The highest BCUT2D eigenvalue weighted by Crippen LogP contribution is 2.19. The molecule has 37 heavy (non-hydrogen) atoms. The first kappa shape index (κ1) is 27.8. The van der Waals surface area contributed by atoms with E-state index in [1.165, 1.54) is 0 Å². The molecule has 6 heteroatoms. The van der Waals surface area contributed by atoms with Crippen LogP contribution in [0.25, 0.3) is 0 Å². The summed E-state index contributed by atoms with van der Waals surface area (Å²) in [5.41, 5.74) is 2.01. The Morgan fingerprint density at radius 1 is 0.838 bits per heavy atom. The van der Waals surface area contributed by atoms with Crippen molar-refractivity contribution < 1.29 is 19.1 Å². The van der Waals surface area contributed by atoms with E-state index in [-0.39, 0.29) is 18.2 Å². The zero-order valence-electron chi connectivity index (χ0n) is 21.9. The van der Waals surface area contributed by atoms with E-state index in [2.05, 4.69) is 12.2 Å². The van der Waals surface area contributed by atoms with Crippen LogP contribution in [0.2, 0.25) is 0 Å². The summed E-state index contributed by atoms with van der Waals surface area (Å²) >= 11 is 0. The number of hydrogen-bond donors (Lipinski definition) is 1. The smallest absolute Gasteiger partial charge is 0.243 e. The molecule has 1 N–H and O–H groups in total. The summed E-state index contributed by atoms with van der Waals surface area (Å²) in [6.45, 7) is 3.47. The minimum atomic E-state index is -0.602. The molecule has 0 saturated carbocycles. The van der Waals surface area contributed by atoms with Crippen LogP contribution in [0, 0.1) is 0 Å². The molecule has 0 unspecified atom stereocenters. The van der Waals surface area contributed by atoms with E-state index in [0.29, 0.717) is 32.5 Å². The molecule has 6 nitrogen and oxygen atoms in total. The lowest BCUT2D eigenvalue weighted by atomic mass is 10.0. The summed E-state index contributed by atoms with van der Waals surface area (Å²) in [5, 5.41) is 3.06. The summed E-state index contributed by atoms with van der Waals surface area (Å²) in [7, 11) is 1.62. The van der Waals surface area contributed by atoms with Crippen molar-refractivity contribution in [1.82, 2.24) is 10.2 Å². The monoisotopic (exact) mass is 502 g/mol. The molecule has 0 aliphatic carbocycles. The fourth-order valence-corrected chi connectivity index (χ4v) is 4.07. The van der Waals surface area contributed by atoms with Crippen LogP contribution in [0.4, 0.5) is 0 Å². The number of carbonyl (C=O) groups is 2. The molecule has 1 atom stereocenters. The van der Waals surface area contributed by atoms with Crippen molar-refractivity contribution >= 4 is 11.8 Å². The maximum absolute atomic E-state index is 13.6. The highest BCUT2D eigenvalue weighted by Gasteiger charge is 2.30. The van der Waals surface area contributed by atoms with Crippen molar-refractivity contribution in [3.05, 3.63) is 96.1 Å². The largest absolute Gasteiger partial charge is 0.497 e. The Labute approximate surface area is 220 Å². The molecule has 2 amide bonds. The van der Waals surface area contributed by atoms with E-state index < -0.39 is 6.04 Å². The summed E-state index contributed by atoms with van der Waals surface area (Å²) in [5.74, 6) is 1.32. The maximum Gasteiger partial charge on any atom is 0.243 e. The van der Waals surface area contributed by atoms with E-state index in [1.54, 1.807) is 12.0 Å². The number of nitrogens with one attached hydrogen (secondary N) is 1. The first-order valence-electron chi connectivity index (χ1n) is 13.0. The van der Waals surface area contributed by atoms with Gasteiger partial charge < -0.3 is 19.7 Å². The Bertz CT molecular complexity index is 1070. The van der Waals surface area contributed by atoms with Gasteiger partial charge in [-0.1, -0.05) is 74.0 Å². The summed E-state index contributed by atoms with van der Waals surface area (Å²) in [6.07, 6.45) is 3.19. The Morgan fingerprint density at radius 3 is 2.08 bits per heavy atom. The molecule has 0 aliphatic heterocycles. The second-order valence-electron chi connectivity index (χ2n) is 8.98. The van der Waals surface area contributed by atoms with Gasteiger partial charge in [-0.15, -0.1) is 0 Å². The predicted molar refractivity (Wildman–Crippen MR) is 147 cm³/mol. The zero-order valence-corrected chi connectivity index (χ0v) is 21.9. The average Bonchev–Trinajstić information content (AvgIpc) is 2.94. The molecule has 0 bridgehead atoms. The van der Waals surface area contributed by atoms with Gasteiger partial charge in [0.1, 0.15) is 17.5 Å². The Kier molecular flexibility index (Phi) is 11.5. The van der Waals surface area contributed by atoms with E-state index in [0.717, 1.165) is 35.5 Å². The molecule has 0 saturated heterocycles. The van der Waals surface area contributed by atoms with Gasteiger partial charge in [0.2, 0.25) is 11.8 Å². The van der Waals surface area contributed by atoms with Gasteiger partial charge in [0, 0.05) is 25.9 Å². The van der Waals surface area contributed by atoms with Crippen molar-refractivity contribution in [3.63, 3.8) is 0 Å². The summed E-state index contributed by atoms with van der Waals surface area (Å²) in [6, 6.07) is 26.5. The van der Waals surface area contributed by atoms with Gasteiger partial charge in [0.25, 0.3) is 0 Å². The number of ether oxygens (including phenoxy) is 2.